The molecule has 35 heavy (non-hydrogen) atoms. The van der Waals surface area contributed by atoms with Gasteiger partial charge in [-0.05, 0) is 55.0 Å². The molecule has 7 nitrogen and oxygen atoms in total. The first-order valence-electron chi connectivity index (χ1n) is 10.6. The summed E-state index contributed by atoms with van der Waals surface area (Å²) in [5.74, 6) is -1.85. The van der Waals surface area contributed by atoms with Crippen LogP contribution in [0.2, 0.25) is 0 Å². The minimum absolute atomic E-state index is 0.0245. The van der Waals surface area contributed by atoms with Gasteiger partial charge in [0.25, 0.3) is 5.91 Å². The summed E-state index contributed by atoms with van der Waals surface area (Å²) in [6.07, 6.45) is 0. The van der Waals surface area contributed by atoms with E-state index in [1.165, 1.54) is 12.1 Å². The quantitative estimate of drug-likeness (QED) is 0.338. The van der Waals surface area contributed by atoms with Gasteiger partial charge < -0.3 is 15.4 Å². The number of rotatable bonds is 9. The second-order valence-corrected chi connectivity index (χ2v) is 8.46. The Balaban J connectivity index is 1.52. The van der Waals surface area contributed by atoms with Gasteiger partial charge in [0.15, 0.2) is 6.61 Å². The zero-order valence-corrected chi connectivity index (χ0v) is 19.6. The highest BCUT2D eigenvalue weighted by molar-refractivity contribution is 8.00. The third-order valence-electron chi connectivity index (χ3n) is 4.82. The van der Waals surface area contributed by atoms with Crippen LogP contribution < -0.4 is 10.6 Å². The fourth-order valence-electron chi connectivity index (χ4n) is 3.09. The molecule has 3 rings (SSSR count). The molecule has 0 aliphatic carbocycles. The number of hydrogen-bond acceptors (Lipinski definition) is 6. The number of thioether (sulfide) groups is 1. The van der Waals surface area contributed by atoms with E-state index in [1.54, 1.807) is 67.6 Å². The smallest absolute Gasteiger partial charge is 0.339 e. The van der Waals surface area contributed by atoms with Crippen molar-refractivity contribution in [2.75, 3.05) is 17.7 Å². The number of nitrogens with one attached hydrogen (secondary N) is 2. The fraction of sp³-hybridized carbons (Fsp3) is 0.154. The molecule has 3 aromatic carbocycles. The molecule has 0 spiro atoms. The maximum atomic E-state index is 13.1. The van der Waals surface area contributed by atoms with Crippen molar-refractivity contribution in [2.24, 2.45) is 0 Å². The standard InChI is InChI=1S/C26H22FN3O4S/c1-17(19-9-11-20(27)12-10-19)29-24(31)15-34-26(33)22-7-2-3-8-23(22)35-16-25(32)30-21-6-4-5-18(13-21)14-28/h2-13,17H,15-16H2,1H3,(H,29,31)(H,30,32). The SMILES string of the molecule is CC(NC(=O)COC(=O)c1ccccc1SCC(=O)Nc1cccc(C#N)c1)c1ccc(F)cc1. The highest BCUT2D eigenvalue weighted by Gasteiger charge is 2.17. The molecule has 0 saturated heterocycles. The number of amides is 2. The fourth-order valence-corrected chi connectivity index (χ4v) is 3.94. The van der Waals surface area contributed by atoms with E-state index in [0.29, 0.717) is 21.7 Å². The number of nitrogens with zero attached hydrogens (tertiary/aromatic N) is 1. The Bertz CT molecular complexity index is 1260. The number of esters is 1. The third-order valence-corrected chi connectivity index (χ3v) is 5.90. The molecular formula is C26H22FN3O4S. The normalized spacial score (nSPS) is 11.1. The van der Waals surface area contributed by atoms with Crippen LogP contribution >= 0.6 is 11.8 Å². The van der Waals surface area contributed by atoms with E-state index in [4.69, 9.17) is 10.00 Å². The lowest BCUT2D eigenvalue weighted by molar-refractivity contribution is -0.124. The van der Waals surface area contributed by atoms with E-state index in [9.17, 15) is 18.8 Å². The van der Waals surface area contributed by atoms with Crippen molar-refractivity contribution in [1.29, 1.82) is 5.26 Å². The number of carbonyl (C=O) groups is 3. The van der Waals surface area contributed by atoms with Crippen molar-refractivity contribution < 1.29 is 23.5 Å². The average molecular weight is 492 g/mol. The Labute approximate surface area is 206 Å². The van der Waals surface area contributed by atoms with Crippen molar-refractivity contribution >= 4 is 35.2 Å². The molecule has 0 aliphatic rings. The lowest BCUT2D eigenvalue weighted by atomic mass is 10.1. The van der Waals surface area contributed by atoms with E-state index in [1.807, 2.05) is 6.07 Å². The van der Waals surface area contributed by atoms with Gasteiger partial charge >= 0.3 is 5.97 Å². The summed E-state index contributed by atoms with van der Waals surface area (Å²) in [7, 11) is 0. The maximum Gasteiger partial charge on any atom is 0.339 e. The number of halogens is 1. The van der Waals surface area contributed by atoms with Crippen LogP contribution in [-0.2, 0) is 14.3 Å². The molecule has 0 aromatic heterocycles. The van der Waals surface area contributed by atoms with Gasteiger partial charge in [-0.25, -0.2) is 9.18 Å². The minimum Gasteiger partial charge on any atom is -0.452 e. The molecule has 178 valence electrons. The largest absolute Gasteiger partial charge is 0.452 e. The van der Waals surface area contributed by atoms with Gasteiger partial charge in [-0.1, -0.05) is 30.3 Å². The monoisotopic (exact) mass is 491 g/mol. The predicted octanol–water partition coefficient (Wildman–Crippen LogP) is 4.46. The van der Waals surface area contributed by atoms with E-state index >= 15 is 0 Å². The van der Waals surface area contributed by atoms with Crippen molar-refractivity contribution in [3.8, 4) is 6.07 Å². The summed E-state index contributed by atoms with van der Waals surface area (Å²) < 4.78 is 18.2. The molecular weight excluding hydrogens is 469 g/mol. The van der Waals surface area contributed by atoms with Crippen molar-refractivity contribution in [1.82, 2.24) is 5.32 Å². The van der Waals surface area contributed by atoms with Crippen LogP contribution in [0.4, 0.5) is 10.1 Å². The summed E-state index contributed by atoms with van der Waals surface area (Å²) in [6, 6.07) is 20.5. The third kappa shape index (κ3) is 7.69. The Morgan fingerprint density at radius 2 is 1.77 bits per heavy atom. The van der Waals surface area contributed by atoms with Crippen LogP contribution in [0, 0.1) is 17.1 Å². The van der Waals surface area contributed by atoms with Gasteiger partial charge in [0.05, 0.1) is 29.0 Å². The molecule has 0 radical (unpaired) electrons. The second kappa shape index (κ2) is 12.3. The predicted molar refractivity (Wildman–Crippen MR) is 130 cm³/mol. The van der Waals surface area contributed by atoms with Crippen LogP contribution in [0.1, 0.15) is 34.5 Å². The summed E-state index contributed by atoms with van der Waals surface area (Å²) in [5, 5.41) is 14.4. The topological polar surface area (TPSA) is 108 Å². The van der Waals surface area contributed by atoms with Crippen LogP contribution in [-0.4, -0.2) is 30.1 Å². The van der Waals surface area contributed by atoms with Gasteiger partial charge in [0.1, 0.15) is 5.82 Å². The summed E-state index contributed by atoms with van der Waals surface area (Å²) in [6.45, 7) is 1.25. The lowest BCUT2D eigenvalue weighted by Crippen LogP contribution is -2.31. The Hall–Kier alpha value is -4.16. The van der Waals surface area contributed by atoms with Gasteiger partial charge in [-0.2, -0.15) is 5.26 Å². The first-order chi connectivity index (χ1) is 16.9. The summed E-state index contributed by atoms with van der Waals surface area (Å²) >= 11 is 1.15. The summed E-state index contributed by atoms with van der Waals surface area (Å²) in [5.41, 5.74) is 1.88. The number of carbonyl (C=O) groups excluding carboxylic acids is 3. The van der Waals surface area contributed by atoms with Gasteiger partial charge in [0.2, 0.25) is 5.91 Å². The lowest BCUT2D eigenvalue weighted by Gasteiger charge is -2.15. The highest BCUT2D eigenvalue weighted by Crippen LogP contribution is 2.24. The number of hydrogen-bond donors (Lipinski definition) is 2. The number of ether oxygens (including phenoxy) is 1. The average Bonchev–Trinajstić information content (AvgIpc) is 2.86. The first-order valence-corrected chi connectivity index (χ1v) is 11.6. The van der Waals surface area contributed by atoms with E-state index in [-0.39, 0.29) is 23.0 Å². The van der Waals surface area contributed by atoms with Crippen molar-refractivity contribution in [3.05, 3.63) is 95.3 Å². The molecule has 0 fully saturated rings. The number of nitriles is 1. The van der Waals surface area contributed by atoms with Gasteiger partial charge in [-0.3, -0.25) is 9.59 Å². The van der Waals surface area contributed by atoms with Crippen LogP contribution in [0.5, 0.6) is 0 Å². The molecule has 2 amide bonds. The first kappa shape index (κ1) is 25.5. The molecule has 9 heteroatoms. The highest BCUT2D eigenvalue weighted by atomic mass is 32.2. The zero-order chi connectivity index (χ0) is 25.2. The Morgan fingerprint density at radius 3 is 2.51 bits per heavy atom. The van der Waals surface area contributed by atoms with E-state index in [0.717, 1.165) is 11.8 Å². The minimum atomic E-state index is -0.695. The molecule has 2 N–H and O–H groups in total. The Morgan fingerprint density at radius 1 is 1.03 bits per heavy atom. The zero-order valence-electron chi connectivity index (χ0n) is 18.8. The van der Waals surface area contributed by atoms with Crippen molar-refractivity contribution in [2.45, 2.75) is 17.9 Å². The molecule has 0 aliphatic heterocycles. The molecule has 1 unspecified atom stereocenters. The van der Waals surface area contributed by atoms with E-state index < -0.39 is 24.5 Å². The van der Waals surface area contributed by atoms with Crippen LogP contribution in [0.15, 0.2) is 77.7 Å². The molecule has 1 atom stereocenters. The van der Waals surface area contributed by atoms with E-state index in [2.05, 4.69) is 10.6 Å². The Kier molecular flexibility index (Phi) is 8.98. The molecule has 0 bridgehead atoms. The van der Waals surface area contributed by atoms with Crippen LogP contribution in [0.25, 0.3) is 0 Å². The molecule has 0 saturated carbocycles. The number of anilines is 1. The van der Waals surface area contributed by atoms with Gasteiger partial charge in [-0.15, -0.1) is 11.8 Å². The maximum absolute atomic E-state index is 13.1. The molecule has 0 heterocycles. The van der Waals surface area contributed by atoms with Crippen LogP contribution in [0.3, 0.4) is 0 Å². The van der Waals surface area contributed by atoms with Gasteiger partial charge in [0, 0.05) is 10.6 Å². The number of benzene rings is 3. The second-order valence-electron chi connectivity index (χ2n) is 7.44. The summed E-state index contributed by atoms with van der Waals surface area (Å²) in [4.78, 5) is 37.6. The van der Waals surface area contributed by atoms with Crippen molar-refractivity contribution in [3.63, 3.8) is 0 Å². The molecule has 3 aromatic rings.